The van der Waals surface area contributed by atoms with Gasteiger partial charge in [-0.15, -0.1) is 0 Å². The van der Waals surface area contributed by atoms with Crippen molar-refractivity contribution in [2.45, 2.75) is 38.1 Å². The minimum atomic E-state index is 0.373. The second-order valence-corrected chi connectivity index (χ2v) is 6.05. The molecule has 0 spiro atoms. The lowest BCUT2D eigenvalue weighted by molar-refractivity contribution is -0.130. The number of rotatable bonds is 4. The van der Waals surface area contributed by atoms with Crippen LogP contribution in [0.1, 0.15) is 32.1 Å². The van der Waals surface area contributed by atoms with Crippen LogP contribution in [0.2, 0.25) is 0 Å². The van der Waals surface area contributed by atoms with Gasteiger partial charge in [-0.05, 0) is 37.6 Å². The summed E-state index contributed by atoms with van der Waals surface area (Å²) < 4.78 is 0. The molecular weight excluding hydrogens is 214 g/mol. The number of amides is 1. The summed E-state index contributed by atoms with van der Waals surface area (Å²) in [5, 5.41) is 0. The summed E-state index contributed by atoms with van der Waals surface area (Å²) in [7, 11) is 0. The fraction of sp³-hybridized carbons (Fsp3) is 0.923. The van der Waals surface area contributed by atoms with Crippen LogP contribution in [0.5, 0.6) is 0 Å². The summed E-state index contributed by atoms with van der Waals surface area (Å²) in [6, 6.07) is 0.505. The van der Waals surface area contributed by atoms with Gasteiger partial charge in [-0.1, -0.05) is 0 Å². The van der Waals surface area contributed by atoms with E-state index < -0.39 is 0 Å². The summed E-state index contributed by atoms with van der Waals surface area (Å²) in [6.45, 7) is 5.14. The van der Waals surface area contributed by atoms with Crippen molar-refractivity contribution < 1.29 is 4.79 Å². The van der Waals surface area contributed by atoms with Crippen LogP contribution in [0, 0.1) is 5.41 Å². The highest BCUT2D eigenvalue weighted by atomic mass is 16.2. The maximum absolute atomic E-state index is 11.6. The van der Waals surface area contributed by atoms with E-state index in [-0.39, 0.29) is 0 Å². The number of carbonyl (C=O) groups excluding carboxylic acids is 1. The largest absolute Gasteiger partial charge is 0.337 e. The SMILES string of the molecule is NCCC1(CN2CCN3C(=O)CCC3C2)CC1. The Hall–Kier alpha value is -0.610. The first kappa shape index (κ1) is 11.5. The number of fused-ring (bicyclic) bond motifs is 1. The molecule has 4 nitrogen and oxygen atoms in total. The zero-order valence-electron chi connectivity index (χ0n) is 10.5. The molecule has 0 bridgehead atoms. The van der Waals surface area contributed by atoms with Gasteiger partial charge in [-0.25, -0.2) is 0 Å². The van der Waals surface area contributed by atoms with E-state index in [1.165, 1.54) is 25.8 Å². The van der Waals surface area contributed by atoms with E-state index in [0.29, 0.717) is 17.4 Å². The van der Waals surface area contributed by atoms with Gasteiger partial charge in [-0.3, -0.25) is 9.69 Å². The molecule has 1 atom stereocenters. The Labute approximate surface area is 103 Å². The van der Waals surface area contributed by atoms with Crippen LogP contribution in [-0.4, -0.2) is 54.5 Å². The highest BCUT2D eigenvalue weighted by Crippen LogP contribution is 2.49. The number of carbonyl (C=O) groups is 1. The summed E-state index contributed by atoms with van der Waals surface area (Å²) in [5.41, 5.74) is 6.23. The molecule has 17 heavy (non-hydrogen) atoms. The number of nitrogens with zero attached hydrogens (tertiary/aromatic N) is 2. The molecule has 3 aliphatic rings. The minimum Gasteiger partial charge on any atom is -0.337 e. The van der Waals surface area contributed by atoms with Crippen LogP contribution < -0.4 is 5.73 Å². The van der Waals surface area contributed by atoms with Gasteiger partial charge < -0.3 is 10.6 Å². The third-order valence-electron chi connectivity index (χ3n) is 4.77. The van der Waals surface area contributed by atoms with Crippen molar-refractivity contribution in [3.8, 4) is 0 Å². The smallest absolute Gasteiger partial charge is 0.222 e. The molecule has 1 aliphatic carbocycles. The van der Waals surface area contributed by atoms with Crippen molar-refractivity contribution >= 4 is 5.91 Å². The van der Waals surface area contributed by atoms with Gasteiger partial charge in [0.05, 0.1) is 0 Å². The van der Waals surface area contributed by atoms with Gasteiger partial charge >= 0.3 is 0 Å². The molecule has 0 radical (unpaired) electrons. The Morgan fingerprint density at radius 3 is 2.88 bits per heavy atom. The highest BCUT2D eigenvalue weighted by Gasteiger charge is 2.44. The molecule has 1 saturated carbocycles. The Balaban J connectivity index is 1.55. The molecular formula is C13H23N3O. The molecule has 2 N–H and O–H groups in total. The van der Waals surface area contributed by atoms with E-state index in [4.69, 9.17) is 5.73 Å². The fourth-order valence-corrected chi connectivity index (χ4v) is 3.52. The van der Waals surface area contributed by atoms with Gasteiger partial charge in [0, 0.05) is 38.6 Å². The minimum absolute atomic E-state index is 0.373. The molecule has 0 aromatic carbocycles. The summed E-state index contributed by atoms with van der Waals surface area (Å²) in [6.07, 6.45) is 5.73. The van der Waals surface area contributed by atoms with Crippen molar-refractivity contribution in [1.29, 1.82) is 0 Å². The Morgan fingerprint density at radius 1 is 1.35 bits per heavy atom. The number of hydrogen-bond donors (Lipinski definition) is 1. The first-order valence-corrected chi connectivity index (χ1v) is 6.94. The van der Waals surface area contributed by atoms with Crippen LogP contribution in [0.15, 0.2) is 0 Å². The molecule has 2 aliphatic heterocycles. The average molecular weight is 237 g/mol. The lowest BCUT2D eigenvalue weighted by Gasteiger charge is -2.39. The summed E-state index contributed by atoms with van der Waals surface area (Å²) >= 11 is 0. The van der Waals surface area contributed by atoms with Crippen molar-refractivity contribution in [2.75, 3.05) is 32.7 Å². The van der Waals surface area contributed by atoms with Crippen LogP contribution in [0.3, 0.4) is 0 Å². The van der Waals surface area contributed by atoms with Gasteiger partial charge in [0.25, 0.3) is 0 Å². The van der Waals surface area contributed by atoms with Gasteiger partial charge in [0.1, 0.15) is 0 Å². The Bertz CT molecular complexity index is 314. The van der Waals surface area contributed by atoms with E-state index in [1.54, 1.807) is 0 Å². The molecule has 1 amide bonds. The molecule has 4 heteroatoms. The van der Waals surface area contributed by atoms with Crippen molar-refractivity contribution in [2.24, 2.45) is 11.1 Å². The highest BCUT2D eigenvalue weighted by molar-refractivity contribution is 5.78. The normalized spacial score (nSPS) is 31.7. The summed E-state index contributed by atoms with van der Waals surface area (Å²) in [4.78, 5) is 16.3. The number of piperazine rings is 1. The fourth-order valence-electron chi connectivity index (χ4n) is 3.52. The standard InChI is InChI=1S/C13H23N3O/c14-6-5-13(3-4-13)10-15-7-8-16-11(9-15)1-2-12(16)17/h11H,1-10,14H2. The molecule has 3 fully saturated rings. The maximum atomic E-state index is 11.6. The topological polar surface area (TPSA) is 49.6 Å². The average Bonchev–Trinajstić information content (AvgIpc) is 2.96. The zero-order chi connectivity index (χ0) is 11.9. The first-order chi connectivity index (χ1) is 8.22. The van der Waals surface area contributed by atoms with E-state index >= 15 is 0 Å². The Kier molecular flexibility index (Phi) is 2.87. The molecule has 0 aromatic heterocycles. The van der Waals surface area contributed by atoms with Crippen molar-refractivity contribution in [1.82, 2.24) is 9.80 Å². The maximum Gasteiger partial charge on any atom is 0.222 e. The number of hydrogen-bond acceptors (Lipinski definition) is 3. The molecule has 3 rings (SSSR count). The third-order valence-corrected chi connectivity index (χ3v) is 4.77. The van der Waals surface area contributed by atoms with Crippen LogP contribution in [-0.2, 0) is 4.79 Å². The lowest BCUT2D eigenvalue weighted by atomic mass is 10.0. The summed E-state index contributed by atoms with van der Waals surface area (Å²) in [5.74, 6) is 0.373. The van der Waals surface area contributed by atoms with E-state index in [1.807, 2.05) is 0 Å². The second-order valence-electron chi connectivity index (χ2n) is 6.05. The Morgan fingerprint density at radius 2 is 2.18 bits per heavy atom. The molecule has 2 heterocycles. The van der Waals surface area contributed by atoms with Gasteiger partial charge in [0.2, 0.25) is 5.91 Å². The van der Waals surface area contributed by atoms with Crippen LogP contribution in [0.4, 0.5) is 0 Å². The first-order valence-electron chi connectivity index (χ1n) is 6.94. The van der Waals surface area contributed by atoms with Crippen LogP contribution >= 0.6 is 0 Å². The van der Waals surface area contributed by atoms with E-state index in [2.05, 4.69) is 9.80 Å². The third kappa shape index (κ3) is 2.20. The zero-order valence-corrected chi connectivity index (χ0v) is 10.5. The number of nitrogens with two attached hydrogens (primary N) is 1. The monoisotopic (exact) mass is 237 g/mol. The predicted molar refractivity (Wildman–Crippen MR) is 66.5 cm³/mol. The molecule has 1 unspecified atom stereocenters. The lowest BCUT2D eigenvalue weighted by Crippen LogP contribution is -2.52. The quantitative estimate of drug-likeness (QED) is 0.771. The van der Waals surface area contributed by atoms with Crippen LogP contribution in [0.25, 0.3) is 0 Å². The van der Waals surface area contributed by atoms with Gasteiger partial charge in [-0.2, -0.15) is 0 Å². The van der Waals surface area contributed by atoms with E-state index in [9.17, 15) is 4.79 Å². The molecule has 0 aromatic rings. The van der Waals surface area contributed by atoms with Crippen molar-refractivity contribution in [3.05, 3.63) is 0 Å². The van der Waals surface area contributed by atoms with E-state index in [0.717, 1.165) is 39.0 Å². The molecule has 2 saturated heterocycles. The van der Waals surface area contributed by atoms with Crippen molar-refractivity contribution in [3.63, 3.8) is 0 Å². The van der Waals surface area contributed by atoms with Gasteiger partial charge in [0.15, 0.2) is 0 Å². The predicted octanol–water partition coefficient (Wildman–Crippen LogP) is 0.422. The molecule has 96 valence electrons. The second kappa shape index (κ2) is 4.25.